The first-order valence-corrected chi connectivity index (χ1v) is 12.8. The largest absolute Gasteiger partial charge is 0.488 e. The second-order valence-corrected chi connectivity index (χ2v) is 9.62. The molecule has 1 fully saturated rings. The minimum absolute atomic E-state index is 0.127. The Hall–Kier alpha value is -2.80. The van der Waals surface area contributed by atoms with Crippen LogP contribution in [0.5, 0.6) is 17.2 Å². The number of aliphatic hydroxyl groups excluding tert-OH is 2. The van der Waals surface area contributed by atoms with Crippen LogP contribution in [0, 0.1) is 11.8 Å². The minimum atomic E-state index is -0.798. The molecule has 2 aromatic rings. The van der Waals surface area contributed by atoms with E-state index < -0.39 is 18.2 Å². The molecule has 3 rings (SSSR count). The Kier molecular flexibility index (Phi) is 10.9. The highest BCUT2D eigenvalue weighted by atomic mass is 35.5. The summed E-state index contributed by atoms with van der Waals surface area (Å²) in [5.74, 6) is 1.50. The van der Waals surface area contributed by atoms with Crippen molar-refractivity contribution in [2.75, 3.05) is 0 Å². The number of aliphatic hydroxyl groups is 2. The lowest BCUT2D eigenvalue weighted by Crippen LogP contribution is -2.27. The molecular weight excluding hydrogens is 480 g/mol. The molecule has 0 aliphatic heterocycles. The number of carboxylic acids is 1. The number of carboxylic acid groups (broad SMARTS) is 1. The van der Waals surface area contributed by atoms with E-state index in [1.807, 2.05) is 25.2 Å². The molecule has 0 saturated heterocycles. The zero-order valence-electron chi connectivity index (χ0n) is 20.5. The average Bonchev–Trinajstić information content (AvgIpc) is 3.21. The smallest absolute Gasteiger partial charge is 0.303 e. The predicted molar refractivity (Wildman–Crippen MR) is 141 cm³/mol. The zero-order chi connectivity index (χ0) is 25.9. The van der Waals surface area contributed by atoms with Crippen molar-refractivity contribution in [2.45, 2.75) is 63.8 Å². The highest BCUT2D eigenvalue weighted by Crippen LogP contribution is 2.36. The van der Waals surface area contributed by atoms with E-state index in [1.54, 1.807) is 54.6 Å². The number of hydrogen-bond acceptors (Lipinski definition) is 5. The molecule has 1 aliphatic carbocycles. The fourth-order valence-corrected chi connectivity index (χ4v) is 4.50. The zero-order valence-corrected chi connectivity index (χ0v) is 21.3. The fraction of sp³-hybridized carbons (Fsp3) is 0.414. The minimum Gasteiger partial charge on any atom is -0.488 e. The number of benzene rings is 2. The van der Waals surface area contributed by atoms with Crippen molar-refractivity contribution in [3.05, 3.63) is 77.9 Å². The van der Waals surface area contributed by atoms with Gasteiger partial charge in [0.15, 0.2) is 0 Å². The van der Waals surface area contributed by atoms with Gasteiger partial charge >= 0.3 is 5.97 Å². The van der Waals surface area contributed by atoms with Gasteiger partial charge in [0.05, 0.1) is 6.10 Å². The molecule has 7 heteroatoms. The highest BCUT2D eigenvalue weighted by Gasteiger charge is 2.32. The maximum atomic E-state index is 10.6. The number of hydrogen-bond donors (Lipinski definition) is 3. The number of halogens is 1. The van der Waals surface area contributed by atoms with E-state index >= 15 is 0 Å². The van der Waals surface area contributed by atoms with Gasteiger partial charge in [0, 0.05) is 11.4 Å². The predicted octanol–water partition coefficient (Wildman–Crippen LogP) is 6.41. The van der Waals surface area contributed by atoms with Crippen LogP contribution in [-0.2, 0) is 4.79 Å². The second kappa shape index (κ2) is 14.1. The Morgan fingerprint density at radius 1 is 1.03 bits per heavy atom. The van der Waals surface area contributed by atoms with Gasteiger partial charge in [-0.05, 0) is 99.4 Å². The van der Waals surface area contributed by atoms with Crippen molar-refractivity contribution in [1.29, 1.82) is 0 Å². The van der Waals surface area contributed by atoms with Crippen LogP contribution in [0.3, 0.4) is 0 Å². The summed E-state index contributed by atoms with van der Waals surface area (Å²) in [6.07, 6.45) is 9.95. The maximum Gasteiger partial charge on any atom is 0.303 e. The van der Waals surface area contributed by atoms with Gasteiger partial charge in [-0.3, -0.25) is 4.79 Å². The second-order valence-electron chi connectivity index (χ2n) is 9.18. The molecule has 36 heavy (non-hydrogen) atoms. The van der Waals surface area contributed by atoms with Crippen LogP contribution in [0.25, 0.3) is 0 Å². The van der Waals surface area contributed by atoms with Crippen LogP contribution in [0.2, 0.25) is 5.02 Å². The molecule has 0 spiro atoms. The average molecular weight is 515 g/mol. The summed E-state index contributed by atoms with van der Waals surface area (Å²) in [6.45, 7) is 1.82. The summed E-state index contributed by atoms with van der Waals surface area (Å²) in [4.78, 5) is 10.6. The summed E-state index contributed by atoms with van der Waals surface area (Å²) in [6, 6.07) is 14.3. The Balaban J connectivity index is 1.46. The lowest BCUT2D eigenvalue weighted by atomic mass is 9.89. The third-order valence-corrected chi connectivity index (χ3v) is 6.68. The number of ether oxygens (including phenoxy) is 2. The van der Waals surface area contributed by atoms with Gasteiger partial charge in [0.25, 0.3) is 0 Å². The molecule has 1 saturated carbocycles. The number of allylic oxidation sites excluding steroid dienone is 3. The fourth-order valence-electron chi connectivity index (χ4n) is 4.38. The SMILES string of the molecule is CC(Oc1ccc(Oc2ccc(Cl)cc2)cc1)C(O)C=C[C@@H]1CC[C@@H](O)[C@@H]1CCC=CCCC(=O)O. The van der Waals surface area contributed by atoms with Gasteiger partial charge in [-0.1, -0.05) is 35.9 Å². The molecular formula is C29H35ClO6. The van der Waals surface area contributed by atoms with E-state index in [-0.39, 0.29) is 24.4 Å². The van der Waals surface area contributed by atoms with Crippen molar-refractivity contribution >= 4 is 17.6 Å². The molecule has 3 N–H and O–H groups in total. The van der Waals surface area contributed by atoms with Gasteiger partial charge in [-0.15, -0.1) is 0 Å². The first kappa shape index (κ1) is 27.8. The number of aliphatic carboxylic acids is 1. The molecule has 194 valence electrons. The van der Waals surface area contributed by atoms with Crippen LogP contribution in [0.4, 0.5) is 0 Å². The molecule has 0 radical (unpaired) electrons. The normalized spacial score (nSPS) is 21.6. The van der Waals surface area contributed by atoms with E-state index in [4.69, 9.17) is 26.2 Å². The van der Waals surface area contributed by atoms with Gasteiger partial charge < -0.3 is 24.8 Å². The Labute approximate surface area is 217 Å². The van der Waals surface area contributed by atoms with E-state index in [2.05, 4.69) is 0 Å². The topological polar surface area (TPSA) is 96.2 Å². The van der Waals surface area contributed by atoms with Crippen LogP contribution in [-0.4, -0.2) is 39.6 Å². The van der Waals surface area contributed by atoms with Gasteiger partial charge in [0.2, 0.25) is 0 Å². The van der Waals surface area contributed by atoms with E-state index in [9.17, 15) is 15.0 Å². The Morgan fingerprint density at radius 2 is 1.64 bits per heavy atom. The number of rotatable bonds is 13. The summed E-state index contributed by atoms with van der Waals surface area (Å²) in [5, 5.41) is 30.3. The van der Waals surface area contributed by atoms with Crippen LogP contribution < -0.4 is 9.47 Å². The monoisotopic (exact) mass is 514 g/mol. The van der Waals surface area contributed by atoms with Crippen LogP contribution >= 0.6 is 11.6 Å². The summed E-state index contributed by atoms with van der Waals surface area (Å²) in [5.41, 5.74) is 0. The number of carbonyl (C=O) groups is 1. The molecule has 2 unspecified atom stereocenters. The summed E-state index contributed by atoms with van der Waals surface area (Å²) in [7, 11) is 0. The lowest BCUT2D eigenvalue weighted by Gasteiger charge is -2.21. The summed E-state index contributed by atoms with van der Waals surface area (Å²) < 4.78 is 11.7. The van der Waals surface area contributed by atoms with Crippen molar-refractivity contribution in [3.63, 3.8) is 0 Å². The highest BCUT2D eigenvalue weighted by molar-refractivity contribution is 6.30. The van der Waals surface area contributed by atoms with Crippen LogP contribution in [0.15, 0.2) is 72.8 Å². The summed E-state index contributed by atoms with van der Waals surface area (Å²) >= 11 is 5.90. The third-order valence-electron chi connectivity index (χ3n) is 6.43. The van der Waals surface area contributed by atoms with E-state index in [1.165, 1.54) is 0 Å². The maximum absolute atomic E-state index is 10.6. The van der Waals surface area contributed by atoms with Crippen molar-refractivity contribution in [1.82, 2.24) is 0 Å². The molecule has 0 heterocycles. The van der Waals surface area contributed by atoms with Crippen molar-refractivity contribution in [2.24, 2.45) is 11.8 Å². The standard InChI is InChI=1S/C29H35ClO6/c1-20(35-23-14-16-25(17-15-23)36-24-12-10-22(30)11-13-24)27(31)18-8-21-9-19-28(32)26(21)6-4-2-3-5-7-29(33)34/h2-3,8,10-18,20-21,26-28,31-32H,4-7,9,19H2,1H3,(H,33,34)/t20?,21-,26-,27?,28-/m1/s1. The van der Waals surface area contributed by atoms with Gasteiger partial charge in [-0.2, -0.15) is 0 Å². The molecule has 0 aromatic heterocycles. The molecule has 2 aromatic carbocycles. The van der Waals surface area contributed by atoms with Crippen molar-refractivity contribution in [3.8, 4) is 17.2 Å². The van der Waals surface area contributed by atoms with E-state index in [0.717, 1.165) is 25.7 Å². The lowest BCUT2D eigenvalue weighted by molar-refractivity contribution is -0.136. The molecule has 0 amide bonds. The quantitative estimate of drug-likeness (QED) is 0.267. The Bertz CT molecular complexity index is 1000. The van der Waals surface area contributed by atoms with Gasteiger partial charge in [0.1, 0.15) is 29.5 Å². The molecule has 1 aliphatic rings. The first-order chi connectivity index (χ1) is 17.3. The van der Waals surface area contributed by atoms with Crippen molar-refractivity contribution < 1.29 is 29.6 Å². The molecule has 5 atom stereocenters. The third kappa shape index (κ3) is 9.01. The molecule has 0 bridgehead atoms. The van der Waals surface area contributed by atoms with Crippen LogP contribution in [0.1, 0.15) is 45.4 Å². The van der Waals surface area contributed by atoms with E-state index in [0.29, 0.717) is 28.7 Å². The molecule has 6 nitrogen and oxygen atoms in total. The Morgan fingerprint density at radius 3 is 2.31 bits per heavy atom. The first-order valence-electron chi connectivity index (χ1n) is 12.4. The van der Waals surface area contributed by atoms with Gasteiger partial charge in [-0.25, -0.2) is 0 Å².